The molecule has 0 unspecified atom stereocenters. The maximum Gasteiger partial charge on any atom is 0.503 e. The second-order valence-corrected chi connectivity index (χ2v) is 0.283. The zero-order valence-electron chi connectivity index (χ0n) is 3.70. The van der Waals surface area contributed by atoms with E-state index in [0.717, 1.165) is 0 Å². The monoisotopic (exact) mass is 119 g/mol. The van der Waals surface area contributed by atoms with Crippen molar-refractivity contribution in [3.8, 4) is 0 Å². The summed E-state index contributed by atoms with van der Waals surface area (Å²) in [5.41, 5.74) is 0. The van der Waals surface area contributed by atoms with Gasteiger partial charge in [-0.05, 0) is 0 Å². The Morgan fingerprint density at radius 2 is 1.14 bits per heavy atom. The summed E-state index contributed by atoms with van der Waals surface area (Å²) < 4.78 is 0. The molecule has 0 aromatic heterocycles. The van der Waals surface area contributed by atoms with Crippen molar-refractivity contribution in [3.63, 3.8) is 0 Å². The molecule has 39 valence electrons. The zero-order chi connectivity index (χ0) is 5.58. The quantitative estimate of drug-likeness (QED) is 0.202. The molecule has 0 saturated carbocycles. The van der Waals surface area contributed by atoms with Crippen LogP contribution in [0, 0.1) is 0 Å². The summed E-state index contributed by atoms with van der Waals surface area (Å²) in [7, 11) is 0. The Kier molecular flexibility index (Phi) is 36.7. The fourth-order valence-corrected chi connectivity index (χ4v) is 0. The molecule has 4 N–H and O–H groups in total. The van der Waals surface area contributed by atoms with Gasteiger partial charge in [-0.25, -0.2) is 4.79 Å². The minimum Gasteiger partial charge on any atom is -0.450 e. The first kappa shape index (κ1) is 15.7. The Labute approximate surface area is 61.4 Å². The van der Waals surface area contributed by atoms with E-state index in [4.69, 9.17) is 25.5 Å². The first-order chi connectivity index (χ1) is 2.73. The maximum absolute atomic E-state index is 8.56. The van der Waals surface area contributed by atoms with Crippen LogP contribution in [0.4, 0.5) is 4.79 Å². The van der Waals surface area contributed by atoms with E-state index >= 15 is 0 Å². The normalized spacial score (nSPS) is 4.29. The van der Waals surface area contributed by atoms with Gasteiger partial charge in [0.25, 0.3) is 0 Å². The van der Waals surface area contributed by atoms with Gasteiger partial charge >= 0.3 is 6.16 Å². The molecule has 1 radical (unpaired) electrons. The van der Waals surface area contributed by atoms with Gasteiger partial charge in [-0.15, -0.1) is 0 Å². The van der Waals surface area contributed by atoms with Crippen molar-refractivity contribution >= 4 is 35.7 Å². The van der Waals surface area contributed by atoms with Crippen LogP contribution in [0.2, 0.25) is 0 Å². The third-order valence-electron chi connectivity index (χ3n) is 0. The largest absolute Gasteiger partial charge is 0.503 e. The summed E-state index contributed by atoms with van der Waals surface area (Å²) in [5.74, 6) is 0. The molecule has 0 heterocycles. The van der Waals surface area contributed by atoms with Crippen LogP contribution in [-0.2, 0) is 0 Å². The van der Waals surface area contributed by atoms with Crippen LogP contribution < -0.4 is 0 Å². The fourth-order valence-electron chi connectivity index (χ4n) is 0. The van der Waals surface area contributed by atoms with E-state index in [2.05, 4.69) is 0 Å². The van der Waals surface area contributed by atoms with Gasteiger partial charge in [-0.2, -0.15) is 0 Å². The summed E-state index contributed by atoms with van der Waals surface area (Å²) >= 11 is 0. The van der Waals surface area contributed by atoms with Crippen molar-refractivity contribution in [2.45, 2.75) is 0 Å². The SMILES string of the molecule is O=C(O)O.OO.[Na]. The second kappa shape index (κ2) is 16.4. The predicted molar refractivity (Wildman–Crippen MR) is 21.7 cm³/mol. The molecule has 7 heavy (non-hydrogen) atoms. The molecule has 0 spiro atoms. The van der Waals surface area contributed by atoms with Crippen molar-refractivity contribution < 1.29 is 25.5 Å². The Bertz CT molecular complexity index is 31.1. The number of rotatable bonds is 0. The minimum absolute atomic E-state index is 0. The molecule has 0 aromatic rings. The van der Waals surface area contributed by atoms with Gasteiger partial charge in [0.15, 0.2) is 0 Å². The third-order valence-corrected chi connectivity index (χ3v) is 0. The molecule has 0 saturated heterocycles. The molecule has 0 bridgehead atoms. The van der Waals surface area contributed by atoms with Gasteiger partial charge in [-0.3, -0.25) is 10.5 Å². The fraction of sp³-hybridized carbons (Fsp3) is 0. The van der Waals surface area contributed by atoms with E-state index in [1.54, 1.807) is 0 Å². The molecule has 0 aromatic carbocycles. The van der Waals surface area contributed by atoms with E-state index in [0.29, 0.717) is 0 Å². The number of carbonyl (C=O) groups is 1. The van der Waals surface area contributed by atoms with Gasteiger partial charge in [0.2, 0.25) is 0 Å². The van der Waals surface area contributed by atoms with Gasteiger partial charge in [0, 0.05) is 29.6 Å². The van der Waals surface area contributed by atoms with Gasteiger partial charge < -0.3 is 10.2 Å². The standard InChI is InChI=1S/CH2O3.Na.H2O2/c2-1(3)4;;1-2/h(H2,2,3,4);;1-2H. The van der Waals surface area contributed by atoms with Crippen LogP contribution in [-0.4, -0.2) is 56.4 Å². The van der Waals surface area contributed by atoms with E-state index < -0.39 is 6.16 Å². The van der Waals surface area contributed by atoms with E-state index in [-0.39, 0.29) is 29.6 Å². The van der Waals surface area contributed by atoms with Crippen LogP contribution >= 0.6 is 0 Å². The molecule has 0 rings (SSSR count). The molecule has 6 heteroatoms. The Morgan fingerprint density at radius 3 is 1.14 bits per heavy atom. The first-order valence-electron chi connectivity index (χ1n) is 0.851. The molecule has 0 aliphatic rings. The summed E-state index contributed by atoms with van der Waals surface area (Å²) in [6.45, 7) is 0. The van der Waals surface area contributed by atoms with Crippen molar-refractivity contribution in [1.29, 1.82) is 0 Å². The zero-order valence-corrected chi connectivity index (χ0v) is 5.70. The van der Waals surface area contributed by atoms with Gasteiger partial charge in [0.1, 0.15) is 0 Å². The van der Waals surface area contributed by atoms with Crippen LogP contribution in [0.25, 0.3) is 0 Å². The van der Waals surface area contributed by atoms with Crippen LogP contribution in [0.1, 0.15) is 0 Å². The predicted octanol–water partition coefficient (Wildman–Crippen LogP) is -0.141. The summed E-state index contributed by atoms with van der Waals surface area (Å²) in [6.07, 6.45) is -1.83. The maximum atomic E-state index is 8.56. The molecule has 0 aliphatic heterocycles. The Hall–Kier alpha value is 0.190. The molecule has 0 atom stereocenters. The number of carboxylic acid groups (broad SMARTS) is 2. The molecule has 0 fully saturated rings. The Balaban J connectivity index is -0.0000000480. The number of hydrogen-bond acceptors (Lipinski definition) is 3. The average Bonchev–Trinajstić information content (AvgIpc) is 1.41. The molecular formula is CH4NaO5. The third kappa shape index (κ3) is 3010. The summed E-state index contributed by atoms with van der Waals surface area (Å²) in [6, 6.07) is 0. The van der Waals surface area contributed by atoms with Crippen molar-refractivity contribution in [3.05, 3.63) is 0 Å². The van der Waals surface area contributed by atoms with E-state index in [1.807, 2.05) is 0 Å². The molecule has 0 aliphatic carbocycles. The summed E-state index contributed by atoms with van der Waals surface area (Å²) in [4.78, 5) is 8.56. The topological polar surface area (TPSA) is 98.0 Å². The van der Waals surface area contributed by atoms with Crippen LogP contribution in [0.3, 0.4) is 0 Å². The van der Waals surface area contributed by atoms with Crippen molar-refractivity contribution in [2.24, 2.45) is 0 Å². The van der Waals surface area contributed by atoms with E-state index in [9.17, 15) is 0 Å². The van der Waals surface area contributed by atoms with E-state index in [1.165, 1.54) is 0 Å². The van der Waals surface area contributed by atoms with Crippen molar-refractivity contribution in [2.75, 3.05) is 0 Å². The molecular weight excluding hydrogens is 115 g/mol. The average molecular weight is 119 g/mol. The number of hydrogen-bond donors (Lipinski definition) is 4. The minimum atomic E-state index is -1.83. The van der Waals surface area contributed by atoms with Crippen molar-refractivity contribution in [1.82, 2.24) is 0 Å². The smallest absolute Gasteiger partial charge is 0.450 e. The summed E-state index contributed by atoms with van der Waals surface area (Å²) in [5, 5.41) is 25.9. The first-order valence-corrected chi connectivity index (χ1v) is 0.851. The molecule has 0 amide bonds. The Morgan fingerprint density at radius 1 is 1.14 bits per heavy atom. The van der Waals surface area contributed by atoms with Crippen LogP contribution in [0.5, 0.6) is 0 Å². The second-order valence-electron chi connectivity index (χ2n) is 0.283. The van der Waals surface area contributed by atoms with Crippen LogP contribution in [0.15, 0.2) is 0 Å². The van der Waals surface area contributed by atoms with Gasteiger partial charge in [0.05, 0.1) is 0 Å². The van der Waals surface area contributed by atoms with Gasteiger partial charge in [-0.1, -0.05) is 0 Å². The molecule has 5 nitrogen and oxygen atoms in total.